The number of aryl methyl sites for hydroxylation is 1. The van der Waals surface area contributed by atoms with Crippen molar-refractivity contribution >= 4 is 44.9 Å². The first-order valence-corrected chi connectivity index (χ1v) is 11.2. The number of hydrogen-bond acceptors (Lipinski definition) is 3. The molecule has 3 rings (SSSR count). The van der Waals surface area contributed by atoms with E-state index in [1.807, 2.05) is 19.1 Å². The van der Waals surface area contributed by atoms with E-state index in [0.29, 0.717) is 11.7 Å². The van der Waals surface area contributed by atoms with Crippen LogP contribution in [0.25, 0.3) is 11.6 Å². The maximum atomic E-state index is 12.7. The van der Waals surface area contributed by atoms with Gasteiger partial charge in [-0.3, -0.25) is 4.79 Å². The Labute approximate surface area is 193 Å². The molecule has 0 aromatic heterocycles. The van der Waals surface area contributed by atoms with Gasteiger partial charge in [0, 0.05) is 27.5 Å². The van der Waals surface area contributed by atoms with Crippen LogP contribution < -0.4 is 10.2 Å². The van der Waals surface area contributed by atoms with Gasteiger partial charge in [0.1, 0.15) is 11.6 Å². The van der Waals surface area contributed by atoms with Gasteiger partial charge in [0.2, 0.25) is 0 Å². The Hall–Kier alpha value is -2.84. The molecule has 0 saturated carbocycles. The van der Waals surface area contributed by atoms with Crippen molar-refractivity contribution < 1.29 is 4.79 Å². The van der Waals surface area contributed by atoms with Crippen LogP contribution in [0.2, 0.25) is 0 Å². The highest BCUT2D eigenvalue weighted by molar-refractivity contribution is 9.10. The number of rotatable bonds is 4. The van der Waals surface area contributed by atoms with Gasteiger partial charge < -0.3 is 10.2 Å². The van der Waals surface area contributed by atoms with Crippen LogP contribution in [0.1, 0.15) is 51.3 Å². The van der Waals surface area contributed by atoms with Crippen molar-refractivity contribution in [2.75, 3.05) is 10.2 Å². The number of allylic oxidation sites excluding steroid dienone is 1. The van der Waals surface area contributed by atoms with Crippen molar-refractivity contribution in [3.05, 3.63) is 69.2 Å². The average molecular weight is 478 g/mol. The first-order chi connectivity index (χ1) is 14.5. The van der Waals surface area contributed by atoms with Crippen molar-refractivity contribution in [1.82, 2.24) is 0 Å². The molecular formula is C26H28BrN3O. The molecule has 31 heavy (non-hydrogen) atoms. The fraction of sp³-hybridized carbons (Fsp3) is 0.308. The highest BCUT2D eigenvalue weighted by atomic mass is 79.9. The van der Waals surface area contributed by atoms with Crippen LogP contribution in [0.5, 0.6) is 0 Å². The van der Waals surface area contributed by atoms with Crippen LogP contribution in [0, 0.1) is 18.3 Å². The molecule has 1 N–H and O–H groups in total. The van der Waals surface area contributed by atoms with Crippen molar-refractivity contribution in [3.8, 4) is 6.07 Å². The van der Waals surface area contributed by atoms with Crippen LogP contribution in [0.15, 0.2) is 52.5 Å². The topological polar surface area (TPSA) is 56.1 Å². The molecule has 1 heterocycles. The lowest BCUT2D eigenvalue weighted by atomic mass is 9.85. The molecule has 0 spiro atoms. The molecule has 160 valence electrons. The molecule has 1 amide bonds. The standard InChI is InChI=1S/C26H28BrN3O/c1-16(2)30-24-10-17(3)19(12-23(24)18(4)14-26(30,5)6)11-20(15-28)25(31)29-22-9-7-8-21(27)13-22/h7-14,16H,1-6H3,(H,29,31)/b20-11-. The zero-order chi connectivity index (χ0) is 22.9. The molecule has 4 nitrogen and oxygen atoms in total. The Kier molecular flexibility index (Phi) is 6.43. The van der Waals surface area contributed by atoms with Crippen molar-refractivity contribution in [1.29, 1.82) is 5.26 Å². The average Bonchev–Trinajstić information content (AvgIpc) is 2.65. The second-order valence-electron chi connectivity index (χ2n) is 8.80. The molecule has 0 unspecified atom stereocenters. The fourth-order valence-electron chi connectivity index (χ4n) is 4.38. The van der Waals surface area contributed by atoms with Gasteiger partial charge >= 0.3 is 0 Å². The van der Waals surface area contributed by atoms with Gasteiger partial charge in [0.25, 0.3) is 5.91 Å². The summed E-state index contributed by atoms with van der Waals surface area (Å²) in [5, 5.41) is 12.4. The van der Waals surface area contributed by atoms with E-state index in [2.05, 4.69) is 85.0 Å². The summed E-state index contributed by atoms with van der Waals surface area (Å²) in [7, 11) is 0. The fourth-order valence-corrected chi connectivity index (χ4v) is 4.78. The smallest absolute Gasteiger partial charge is 0.266 e. The second-order valence-corrected chi connectivity index (χ2v) is 9.72. The maximum Gasteiger partial charge on any atom is 0.266 e. The molecule has 2 aromatic carbocycles. The quantitative estimate of drug-likeness (QED) is 0.392. The Bertz CT molecular complexity index is 1140. The van der Waals surface area contributed by atoms with E-state index in [4.69, 9.17) is 0 Å². The number of nitrogens with one attached hydrogen (secondary N) is 1. The molecule has 5 heteroatoms. The number of carbonyl (C=O) groups excluding carboxylic acids is 1. The zero-order valence-electron chi connectivity index (χ0n) is 18.9. The molecule has 0 bridgehead atoms. The highest BCUT2D eigenvalue weighted by Gasteiger charge is 2.33. The lowest BCUT2D eigenvalue weighted by Gasteiger charge is -2.46. The Morgan fingerprint density at radius 2 is 1.94 bits per heavy atom. The molecule has 1 aliphatic rings. The van der Waals surface area contributed by atoms with Gasteiger partial charge in [-0.15, -0.1) is 0 Å². The molecule has 0 aliphatic carbocycles. The summed E-state index contributed by atoms with van der Waals surface area (Å²) < 4.78 is 0.859. The number of nitriles is 1. The number of carbonyl (C=O) groups is 1. The molecule has 1 aliphatic heterocycles. The maximum absolute atomic E-state index is 12.7. The third-order valence-corrected chi connectivity index (χ3v) is 6.02. The number of amides is 1. The van der Waals surface area contributed by atoms with E-state index < -0.39 is 5.91 Å². The number of nitrogens with zero attached hydrogens (tertiary/aromatic N) is 2. The van der Waals surface area contributed by atoms with Crippen LogP contribution in [-0.4, -0.2) is 17.5 Å². The third-order valence-electron chi connectivity index (χ3n) is 5.52. The number of anilines is 2. The lowest BCUT2D eigenvalue weighted by molar-refractivity contribution is -0.112. The van der Waals surface area contributed by atoms with E-state index in [9.17, 15) is 10.1 Å². The summed E-state index contributed by atoms with van der Waals surface area (Å²) in [6.07, 6.45) is 3.96. The van der Waals surface area contributed by atoms with Crippen LogP contribution in [0.3, 0.4) is 0 Å². The molecule has 2 aromatic rings. The SMILES string of the molecule is CC1=CC(C)(C)N(C(C)C)c2cc(C)c(/C=C(/C#N)C(=O)Nc3cccc(Br)c3)cc21. The Balaban J connectivity index is 2.01. The highest BCUT2D eigenvalue weighted by Crippen LogP contribution is 2.41. The summed E-state index contributed by atoms with van der Waals surface area (Å²) in [5.41, 5.74) is 6.04. The predicted molar refractivity (Wildman–Crippen MR) is 133 cm³/mol. The minimum Gasteiger partial charge on any atom is -0.360 e. The summed E-state index contributed by atoms with van der Waals surface area (Å²) >= 11 is 3.39. The van der Waals surface area contributed by atoms with E-state index in [0.717, 1.165) is 21.2 Å². The molecule has 0 saturated heterocycles. The normalized spacial score (nSPS) is 15.3. The summed E-state index contributed by atoms with van der Waals surface area (Å²) in [6.45, 7) is 13.0. The zero-order valence-corrected chi connectivity index (χ0v) is 20.5. The number of benzene rings is 2. The summed E-state index contributed by atoms with van der Waals surface area (Å²) in [4.78, 5) is 15.1. The molecule has 0 atom stereocenters. The first-order valence-electron chi connectivity index (χ1n) is 10.4. The third kappa shape index (κ3) is 4.75. The van der Waals surface area contributed by atoms with Crippen molar-refractivity contribution in [3.63, 3.8) is 0 Å². The van der Waals surface area contributed by atoms with E-state index in [-0.39, 0.29) is 11.1 Å². The van der Waals surface area contributed by atoms with Gasteiger partial charge in [-0.2, -0.15) is 5.26 Å². The largest absolute Gasteiger partial charge is 0.360 e. The summed E-state index contributed by atoms with van der Waals surface area (Å²) in [5.74, 6) is -0.421. The predicted octanol–water partition coefficient (Wildman–Crippen LogP) is 6.71. The van der Waals surface area contributed by atoms with Gasteiger partial charge in [-0.25, -0.2) is 0 Å². The minimum atomic E-state index is -0.421. The lowest BCUT2D eigenvalue weighted by Crippen LogP contribution is -2.49. The van der Waals surface area contributed by atoms with Crippen LogP contribution in [0.4, 0.5) is 11.4 Å². The van der Waals surface area contributed by atoms with Crippen LogP contribution >= 0.6 is 15.9 Å². The second kappa shape index (κ2) is 8.72. The first kappa shape index (κ1) is 22.8. The minimum absolute atomic E-state index is 0.0708. The van der Waals surface area contributed by atoms with Gasteiger partial charge in [0.15, 0.2) is 0 Å². The van der Waals surface area contributed by atoms with Gasteiger partial charge in [-0.1, -0.05) is 28.1 Å². The molecule has 0 radical (unpaired) electrons. The molecule has 0 fully saturated rings. The summed E-state index contributed by atoms with van der Waals surface area (Å²) in [6, 6.07) is 14.0. The van der Waals surface area contributed by atoms with Crippen LogP contribution in [-0.2, 0) is 4.79 Å². The van der Waals surface area contributed by atoms with E-state index >= 15 is 0 Å². The van der Waals surface area contributed by atoms with Crippen molar-refractivity contribution in [2.45, 2.75) is 53.1 Å². The monoisotopic (exact) mass is 477 g/mol. The van der Waals surface area contributed by atoms with E-state index in [1.165, 1.54) is 11.3 Å². The molecular weight excluding hydrogens is 450 g/mol. The Morgan fingerprint density at radius 1 is 1.23 bits per heavy atom. The van der Waals surface area contributed by atoms with Gasteiger partial charge in [0.05, 0.1) is 5.54 Å². The van der Waals surface area contributed by atoms with Crippen molar-refractivity contribution in [2.24, 2.45) is 0 Å². The number of halogens is 1. The Morgan fingerprint density at radius 3 is 2.55 bits per heavy atom. The number of fused-ring (bicyclic) bond motifs is 1. The van der Waals surface area contributed by atoms with E-state index in [1.54, 1.807) is 18.2 Å². The number of hydrogen-bond donors (Lipinski definition) is 1. The van der Waals surface area contributed by atoms with Gasteiger partial charge in [-0.05, 0) is 94.7 Å².